The van der Waals surface area contributed by atoms with E-state index in [1.165, 1.54) is 18.3 Å². The Hall–Kier alpha value is -3.75. The number of carbonyl (C=O) groups is 1. The third kappa shape index (κ3) is 4.57. The summed E-state index contributed by atoms with van der Waals surface area (Å²) in [7, 11) is 0. The Morgan fingerprint density at radius 3 is 2.64 bits per heavy atom. The first kappa shape index (κ1) is 22.4. The minimum Gasteiger partial charge on any atom is -0.423 e. The van der Waals surface area contributed by atoms with Crippen molar-refractivity contribution in [3.05, 3.63) is 53.8 Å². The molecule has 0 bridgehead atoms. The van der Waals surface area contributed by atoms with Crippen LogP contribution >= 0.6 is 0 Å². The number of benzene rings is 2. The maximum atomic E-state index is 13.4. The molecular weight excluding hydrogens is 423 g/mol. The van der Waals surface area contributed by atoms with Crippen molar-refractivity contribution in [1.29, 1.82) is 5.41 Å². The maximum Gasteiger partial charge on any atom is 0.298 e. The molecule has 9 heteroatoms. The van der Waals surface area contributed by atoms with Gasteiger partial charge in [-0.1, -0.05) is 26.0 Å². The van der Waals surface area contributed by atoms with Crippen LogP contribution in [0.25, 0.3) is 11.1 Å². The summed E-state index contributed by atoms with van der Waals surface area (Å²) >= 11 is 0. The summed E-state index contributed by atoms with van der Waals surface area (Å²) in [6, 6.07) is 12.1. The van der Waals surface area contributed by atoms with Crippen LogP contribution in [0.2, 0.25) is 0 Å². The molecule has 2 fully saturated rings. The second-order valence-corrected chi connectivity index (χ2v) is 7.85. The number of nitrogens with one attached hydrogen (secondary N) is 2. The van der Waals surface area contributed by atoms with E-state index in [9.17, 15) is 9.18 Å². The predicted molar refractivity (Wildman–Crippen MR) is 128 cm³/mol. The van der Waals surface area contributed by atoms with Gasteiger partial charge in [0.1, 0.15) is 11.3 Å². The van der Waals surface area contributed by atoms with Gasteiger partial charge in [-0.2, -0.15) is 10.1 Å². The zero-order valence-electron chi connectivity index (χ0n) is 18.7. The maximum absolute atomic E-state index is 13.4. The minimum atomic E-state index is -0.346. The summed E-state index contributed by atoms with van der Waals surface area (Å²) in [6.45, 7) is 6.81. The molecule has 33 heavy (non-hydrogen) atoms. The van der Waals surface area contributed by atoms with E-state index in [0.717, 1.165) is 19.3 Å². The van der Waals surface area contributed by atoms with Gasteiger partial charge in [0, 0.05) is 50.3 Å². The monoisotopic (exact) mass is 450 g/mol. The molecule has 0 aliphatic carbocycles. The lowest BCUT2D eigenvalue weighted by Crippen LogP contribution is -2.33. The average molecular weight is 451 g/mol. The number of hydrogen-bond donors (Lipinski definition) is 2. The molecule has 2 saturated heterocycles. The summed E-state index contributed by atoms with van der Waals surface area (Å²) in [6.07, 6.45) is 2.38. The fourth-order valence-corrected chi connectivity index (χ4v) is 4.42. The molecule has 0 radical (unpaired) electrons. The molecule has 3 heterocycles. The van der Waals surface area contributed by atoms with E-state index < -0.39 is 0 Å². The molecular formula is C24H27FN6O2. The number of oxazole rings is 1. The van der Waals surface area contributed by atoms with E-state index in [1.807, 2.05) is 30.9 Å². The molecule has 1 aromatic heterocycles. The van der Waals surface area contributed by atoms with E-state index in [2.05, 4.69) is 20.4 Å². The van der Waals surface area contributed by atoms with Crippen molar-refractivity contribution in [3.63, 3.8) is 0 Å². The highest BCUT2D eigenvalue weighted by Crippen LogP contribution is 2.35. The summed E-state index contributed by atoms with van der Waals surface area (Å²) in [5.41, 5.74) is 5.08. The normalized spacial score (nSPS) is 19.5. The number of amides is 1. The molecule has 1 amide bonds. The molecule has 5 rings (SSSR count). The Balaban J connectivity index is 0.00000126. The third-order valence-electron chi connectivity index (χ3n) is 5.87. The number of halogens is 1. The Labute approximate surface area is 191 Å². The topological polar surface area (TPSA) is 97.8 Å². The van der Waals surface area contributed by atoms with Crippen LogP contribution in [0.15, 0.2) is 52.0 Å². The van der Waals surface area contributed by atoms with Crippen LogP contribution in [-0.4, -0.2) is 54.4 Å². The fraction of sp³-hybridized carbons (Fsp3) is 0.333. The molecule has 2 aliphatic heterocycles. The number of anilines is 2. The van der Waals surface area contributed by atoms with Crippen LogP contribution in [0.1, 0.15) is 24.2 Å². The Morgan fingerprint density at radius 2 is 1.91 bits per heavy atom. The number of rotatable bonds is 5. The standard InChI is InChI=1S/C22H21FN6O2.C2H6/c23-16-5-6-19-20(9-16)31-22(26-19)29-12-14-10-28(11-15(14)13-29)21(30)17-3-1-2-4-18(17)27-25-8-7-24;1-2/h1-9,14-15,24,27H,10-13H2;1-2H3/b24-7?,25-8-;. The number of likely N-dealkylation sites (tertiary alicyclic amines) is 1. The van der Waals surface area contributed by atoms with E-state index in [-0.39, 0.29) is 11.7 Å². The van der Waals surface area contributed by atoms with Crippen molar-refractivity contribution in [3.8, 4) is 0 Å². The molecule has 2 atom stereocenters. The van der Waals surface area contributed by atoms with Gasteiger partial charge in [-0.05, 0) is 24.3 Å². The van der Waals surface area contributed by atoms with Crippen molar-refractivity contribution >= 4 is 41.1 Å². The number of aromatic nitrogens is 1. The molecule has 172 valence electrons. The second-order valence-electron chi connectivity index (χ2n) is 7.85. The molecule has 8 nitrogen and oxygen atoms in total. The largest absolute Gasteiger partial charge is 0.423 e. The summed E-state index contributed by atoms with van der Waals surface area (Å²) in [5, 5.41) is 10.9. The van der Waals surface area contributed by atoms with Crippen molar-refractivity contribution in [2.45, 2.75) is 13.8 Å². The highest BCUT2D eigenvalue weighted by Gasteiger charge is 2.43. The van der Waals surface area contributed by atoms with Crippen molar-refractivity contribution < 1.29 is 13.6 Å². The number of hydrazone groups is 1. The number of nitrogens with zero attached hydrogens (tertiary/aromatic N) is 4. The zero-order valence-corrected chi connectivity index (χ0v) is 18.7. The SMILES string of the molecule is CC.N=C/C=N\Nc1ccccc1C(=O)N1CC2CN(c3nc4ccc(F)cc4o3)CC2C1. The van der Waals surface area contributed by atoms with Crippen LogP contribution in [0, 0.1) is 23.1 Å². The lowest BCUT2D eigenvalue weighted by Gasteiger charge is -2.21. The molecule has 2 aromatic carbocycles. The average Bonchev–Trinajstić information content (AvgIpc) is 3.53. The third-order valence-corrected chi connectivity index (χ3v) is 5.87. The quantitative estimate of drug-likeness (QED) is 0.447. The first-order valence-corrected chi connectivity index (χ1v) is 11.1. The Morgan fingerprint density at radius 1 is 1.18 bits per heavy atom. The van der Waals surface area contributed by atoms with Crippen LogP contribution in [-0.2, 0) is 0 Å². The Bertz CT molecular complexity index is 1160. The number of para-hydroxylation sites is 1. The van der Waals surface area contributed by atoms with Gasteiger partial charge in [-0.15, -0.1) is 0 Å². The van der Waals surface area contributed by atoms with Gasteiger partial charge >= 0.3 is 0 Å². The van der Waals surface area contributed by atoms with Gasteiger partial charge in [0.15, 0.2) is 5.58 Å². The summed E-state index contributed by atoms with van der Waals surface area (Å²) < 4.78 is 19.2. The van der Waals surface area contributed by atoms with Crippen LogP contribution in [0.3, 0.4) is 0 Å². The molecule has 2 unspecified atom stereocenters. The minimum absolute atomic E-state index is 0.0357. The van der Waals surface area contributed by atoms with Gasteiger partial charge in [0.2, 0.25) is 0 Å². The first-order valence-electron chi connectivity index (χ1n) is 11.1. The molecule has 3 aromatic rings. The van der Waals surface area contributed by atoms with Gasteiger partial charge in [0.25, 0.3) is 11.9 Å². The van der Waals surface area contributed by atoms with Crippen molar-refractivity contribution in [2.75, 3.05) is 36.5 Å². The van der Waals surface area contributed by atoms with E-state index in [1.54, 1.807) is 18.2 Å². The summed E-state index contributed by atoms with van der Waals surface area (Å²) in [4.78, 5) is 21.6. The van der Waals surface area contributed by atoms with Gasteiger partial charge in [-0.25, -0.2) is 4.39 Å². The number of hydrogen-bond acceptors (Lipinski definition) is 7. The highest BCUT2D eigenvalue weighted by molar-refractivity contribution is 6.14. The first-order chi connectivity index (χ1) is 16.1. The Kier molecular flexibility index (Phi) is 6.67. The molecule has 0 saturated carbocycles. The van der Waals surface area contributed by atoms with E-state index in [4.69, 9.17) is 9.83 Å². The van der Waals surface area contributed by atoms with Gasteiger partial charge in [0.05, 0.1) is 17.5 Å². The number of carbonyl (C=O) groups excluding carboxylic acids is 1. The number of fused-ring (bicyclic) bond motifs is 2. The molecule has 0 spiro atoms. The van der Waals surface area contributed by atoms with Crippen molar-refractivity contribution in [2.24, 2.45) is 16.9 Å². The van der Waals surface area contributed by atoms with E-state index >= 15 is 0 Å². The zero-order chi connectivity index (χ0) is 23.4. The van der Waals surface area contributed by atoms with Gasteiger partial charge in [-0.3, -0.25) is 10.2 Å². The molecule has 2 N–H and O–H groups in total. The van der Waals surface area contributed by atoms with Crippen LogP contribution in [0.5, 0.6) is 0 Å². The van der Waals surface area contributed by atoms with E-state index in [0.29, 0.717) is 53.3 Å². The highest BCUT2D eigenvalue weighted by atomic mass is 19.1. The van der Waals surface area contributed by atoms with Crippen LogP contribution < -0.4 is 10.3 Å². The lowest BCUT2D eigenvalue weighted by atomic mass is 10.0. The summed E-state index contributed by atoms with van der Waals surface area (Å²) in [5.74, 6) is 0.269. The second kappa shape index (κ2) is 9.81. The lowest BCUT2D eigenvalue weighted by molar-refractivity contribution is 0.0783. The van der Waals surface area contributed by atoms with Gasteiger partial charge < -0.3 is 19.6 Å². The molecule has 2 aliphatic rings. The predicted octanol–water partition coefficient (Wildman–Crippen LogP) is 4.25. The van der Waals surface area contributed by atoms with Crippen LogP contribution in [0.4, 0.5) is 16.1 Å². The smallest absolute Gasteiger partial charge is 0.298 e. The van der Waals surface area contributed by atoms with Crippen molar-refractivity contribution in [1.82, 2.24) is 9.88 Å². The fourth-order valence-electron chi connectivity index (χ4n) is 4.42.